The topological polar surface area (TPSA) is 9.23 Å². The van der Waals surface area contributed by atoms with Gasteiger partial charge in [0.15, 0.2) is 0 Å². The van der Waals surface area contributed by atoms with Gasteiger partial charge in [0.2, 0.25) is 0 Å². The molecule has 0 saturated carbocycles. The van der Waals surface area contributed by atoms with Crippen molar-refractivity contribution in [3.05, 3.63) is 23.3 Å². The smallest absolute Gasteiger partial charge is 0.0839 e. The Labute approximate surface area is 101 Å². The summed E-state index contributed by atoms with van der Waals surface area (Å²) >= 11 is 0. The summed E-state index contributed by atoms with van der Waals surface area (Å²) in [7, 11) is 0. The van der Waals surface area contributed by atoms with Crippen LogP contribution in [0.15, 0.2) is 23.3 Å². The van der Waals surface area contributed by atoms with Crippen molar-refractivity contribution in [2.75, 3.05) is 6.61 Å². The zero-order valence-electron chi connectivity index (χ0n) is 11.5. The van der Waals surface area contributed by atoms with Crippen LogP contribution in [0.2, 0.25) is 0 Å². The largest absolute Gasteiger partial charge is 0.367 e. The Morgan fingerprint density at radius 3 is 2.69 bits per heavy atom. The van der Waals surface area contributed by atoms with Gasteiger partial charge in [-0.25, -0.2) is 0 Å². The summed E-state index contributed by atoms with van der Waals surface area (Å²) in [6.07, 6.45) is 8.25. The van der Waals surface area contributed by atoms with Crippen molar-refractivity contribution in [3.8, 4) is 0 Å². The second-order valence-electron chi connectivity index (χ2n) is 5.71. The highest BCUT2D eigenvalue weighted by molar-refractivity contribution is 5.17. The minimum Gasteiger partial charge on any atom is -0.367 e. The molecule has 0 N–H and O–H groups in total. The van der Waals surface area contributed by atoms with Gasteiger partial charge < -0.3 is 4.74 Å². The van der Waals surface area contributed by atoms with Gasteiger partial charge in [0.1, 0.15) is 0 Å². The normalized spacial score (nSPS) is 21.6. The molecular weight excluding hydrogens is 196 g/mol. The van der Waals surface area contributed by atoms with E-state index in [9.17, 15) is 0 Å². The Balaban J connectivity index is 2.53. The molecule has 1 atom stereocenters. The lowest BCUT2D eigenvalue weighted by atomic mass is 9.84. The van der Waals surface area contributed by atoms with E-state index in [1.54, 1.807) is 0 Å². The minimum atomic E-state index is -0.0912. The van der Waals surface area contributed by atoms with E-state index in [4.69, 9.17) is 4.74 Å². The minimum absolute atomic E-state index is 0.0912. The Hall–Kier alpha value is -0.560. The van der Waals surface area contributed by atoms with Crippen LogP contribution in [0, 0.1) is 5.92 Å². The second kappa shape index (κ2) is 5.67. The van der Waals surface area contributed by atoms with Crippen LogP contribution in [-0.4, -0.2) is 12.2 Å². The van der Waals surface area contributed by atoms with Crippen LogP contribution in [0.4, 0.5) is 0 Å². The Kier molecular flexibility index (Phi) is 4.79. The van der Waals surface area contributed by atoms with Gasteiger partial charge in [0.25, 0.3) is 0 Å². The van der Waals surface area contributed by atoms with Crippen molar-refractivity contribution >= 4 is 0 Å². The molecule has 0 unspecified atom stereocenters. The monoisotopic (exact) mass is 222 g/mol. The van der Waals surface area contributed by atoms with Crippen molar-refractivity contribution in [1.29, 1.82) is 0 Å². The van der Waals surface area contributed by atoms with Gasteiger partial charge in [-0.15, -0.1) is 0 Å². The molecule has 1 rings (SSSR count). The molecule has 0 aromatic rings. The molecule has 0 amide bonds. The van der Waals surface area contributed by atoms with Crippen LogP contribution in [0.3, 0.4) is 0 Å². The van der Waals surface area contributed by atoms with Gasteiger partial charge in [-0.2, -0.15) is 0 Å². The SMILES string of the molecule is CC(C)=CCOC(C)(C)C1=CC[C@H](C)CC1. The highest BCUT2D eigenvalue weighted by atomic mass is 16.5. The molecule has 0 aliphatic heterocycles. The third-order valence-corrected chi connectivity index (χ3v) is 3.38. The first-order valence-corrected chi connectivity index (χ1v) is 6.38. The van der Waals surface area contributed by atoms with E-state index in [1.807, 2.05) is 0 Å². The van der Waals surface area contributed by atoms with E-state index in [0.717, 1.165) is 12.5 Å². The zero-order valence-corrected chi connectivity index (χ0v) is 11.5. The van der Waals surface area contributed by atoms with Crippen LogP contribution in [0.1, 0.15) is 53.9 Å². The molecule has 1 nitrogen and oxygen atoms in total. The molecular formula is C15H26O. The molecule has 0 aromatic carbocycles. The fraction of sp³-hybridized carbons (Fsp3) is 0.733. The highest BCUT2D eigenvalue weighted by Gasteiger charge is 2.25. The van der Waals surface area contributed by atoms with Gasteiger partial charge in [-0.3, -0.25) is 0 Å². The molecule has 0 bridgehead atoms. The number of ether oxygens (including phenoxy) is 1. The number of allylic oxidation sites excluding steroid dienone is 2. The molecule has 0 heterocycles. The molecule has 1 aliphatic rings. The van der Waals surface area contributed by atoms with Crippen molar-refractivity contribution < 1.29 is 4.74 Å². The highest BCUT2D eigenvalue weighted by Crippen LogP contribution is 2.32. The lowest BCUT2D eigenvalue weighted by Gasteiger charge is -2.31. The third kappa shape index (κ3) is 4.13. The van der Waals surface area contributed by atoms with Gasteiger partial charge in [0, 0.05) is 0 Å². The van der Waals surface area contributed by atoms with Gasteiger partial charge in [-0.05, 0) is 58.4 Å². The van der Waals surface area contributed by atoms with Crippen molar-refractivity contribution in [3.63, 3.8) is 0 Å². The van der Waals surface area contributed by atoms with E-state index in [2.05, 4.69) is 46.8 Å². The lowest BCUT2D eigenvalue weighted by Crippen LogP contribution is -2.29. The Morgan fingerprint density at radius 2 is 2.19 bits per heavy atom. The van der Waals surface area contributed by atoms with E-state index in [-0.39, 0.29) is 5.60 Å². The molecule has 0 spiro atoms. The number of rotatable bonds is 4. The fourth-order valence-corrected chi connectivity index (χ4v) is 2.02. The molecule has 1 aliphatic carbocycles. The first-order chi connectivity index (χ1) is 7.42. The average Bonchev–Trinajstić information content (AvgIpc) is 2.17. The summed E-state index contributed by atoms with van der Waals surface area (Å²) in [6.45, 7) is 11.6. The van der Waals surface area contributed by atoms with E-state index < -0.39 is 0 Å². The Morgan fingerprint density at radius 1 is 1.50 bits per heavy atom. The zero-order chi connectivity index (χ0) is 12.2. The Bertz CT molecular complexity index is 280. The summed E-state index contributed by atoms with van der Waals surface area (Å²) in [6, 6.07) is 0. The predicted molar refractivity (Wildman–Crippen MR) is 70.6 cm³/mol. The van der Waals surface area contributed by atoms with Crippen molar-refractivity contribution in [1.82, 2.24) is 0 Å². The summed E-state index contributed by atoms with van der Waals surface area (Å²) in [5.41, 5.74) is 2.71. The molecule has 0 saturated heterocycles. The second-order valence-corrected chi connectivity index (χ2v) is 5.71. The first kappa shape index (κ1) is 13.5. The molecule has 0 fully saturated rings. The lowest BCUT2D eigenvalue weighted by molar-refractivity contribution is 0.0246. The first-order valence-electron chi connectivity index (χ1n) is 6.38. The predicted octanol–water partition coefficient (Wildman–Crippen LogP) is 4.49. The quantitative estimate of drug-likeness (QED) is 0.637. The van der Waals surface area contributed by atoms with Gasteiger partial charge in [-0.1, -0.05) is 24.6 Å². The standard InChI is InChI=1S/C15H26O/c1-12(2)10-11-16-15(4,5)14-8-6-13(3)7-9-14/h8,10,13H,6-7,9,11H2,1-5H3/t13-/m0/s1. The van der Waals surface area contributed by atoms with Crippen molar-refractivity contribution in [2.24, 2.45) is 5.92 Å². The van der Waals surface area contributed by atoms with Crippen LogP contribution < -0.4 is 0 Å². The summed E-state index contributed by atoms with van der Waals surface area (Å²) in [5.74, 6) is 0.845. The van der Waals surface area contributed by atoms with Crippen LogP contribution in [-0.2, 0) is 4.74 Å². The number of hydrogen-bond acceptors (Lipinski definition) is 1. The molecule has 1 heteroatoms. The molecule has 92 valence electrons. The van der Waals surface area contributed by atoms with E-state index >= 15 is 0 Å². The van der Waals surface area contributed by atoms with Crippen LogP contribution in [0.5, 0.6) is 0 Å². The molecule has 16 heavy (non-hydrogen) atoms. The van der Waals surface area contributed by atoms with Crippen molar-refractivity contribution in [2.45, 2.75) is 59.5 Å². The van der Waals surface area contributed by atoms with Crippen LogP contribution >= 0.6 is 0 Å². The van der Waals surface area contributed by atoms with Gasteiger partial charge in [0.05, 0.1) is 12.2 Å². The third-order valence-electron chi connectivity index (χ3n) is 3.38. The summed E-state index contributed by atoms with van der Waals surface area (Å²) < 4.78 is 5.97. The summed E-state index contributed by atoms with van der Waals surface area (Å²) in [5, 5.41) is 0. The fourth-order valence-electron chi connectivity index (χ4n) is 2.02. The summed E-state index contributed by atoms with van der Waals surface area (Å²) in [4.78, 5) is 0. The maximum Gasteiger partial charge on any atom is 0.0839 e. The maximum atomic E-state index is 5.97. The van der Waals surface area contributed by atoms with Gasteiger partial charge >= 0.3 is 0 Å². The maximum absolute atomic E-state index is 5.97. The molecule has 0 radical (unpaired) electrons. The number of hydrogen-bond donors (Lipinski definition) is 0. The molecule has 0 aromatic heterocycles. The average molecular weight is 222 g/mol. The van der Waals surface area contributed by atoms with Crippen LogP contribution in [0.25, 0.3) is 0 Å². The van der Waals surface area contributed by atoms with E-state index in [1.165, 1.54) is 30.4 Å². The van der Waals surface area contributed by atoms with E-state index in [0.29, 0.717) is 0 Å².